The van der Waals surface area contributed by atoms with Crippen LogP contribution in [0.1, 0.15) is 73.5 Å². The highest BCUT2D eigenvalue weighted by Crippen LogP contribution is 2.17. The normalized spacial score (nSPS) is 15.9. The van der Waals surface area contributed by atoms with Crippen LogP contribution in [0, 0.1) is 11.8 Å². The molecule has 0 unspecified atom stereocenters. The van der Waals surface area contributed by atoms with Gasteiger partial charge in [0.25, 0.3) is 11.8 Å². The van der Waals surface area contributed by atoms with Crippen LogP contribution in [0.15, 0.2) is 6.07 Å². The van der Waals surface area contributed by atoms with E-state index >= 15 is 0 Å². The van der Waals surface area contributed by atoms with E-state index in [4.69, 9.17) is 0 Å². The molecule has 0 spiro atoms. The highest BCUT2D eigenvalue weighted by molar-refractivity contribution is 5.96. The lowest BCUT2D eigenvalue weighted by Crippen LogP contribution is -2.42. The van der Waals surface area contributed by atoms with Crippen LogP contribution in [-0.2, 0) is 6.42 Å². The number of hydrogen-bond acceptors (Lipinski definition) is 5. The summed E-state index contributed by atoms with van der Waals surface area (Å²) in [6.45, 7) is 9.33. The first-order valence-corrected chi connectivity index (χ1v) is 9.91. The predicted octanol–water partition coefficient (Wildman–Crippen LogP) is 2.05. The van der Waals surface area contributed by atoms with Crippen molar-refractivity contribution in [1.29, 1.82) is 0 Å². The molecule has 2 rings (SSSR count). The fourth-order valence-electron chi connectivity index (χ4n) is 3.24. The molecule has 0 aliphatic carbocycles. The number of carbonyl (C=O) groups excluding carboxylic acids is 2. The topological polar surface area (TPSA) is 95.4 Å². The van der Waals surface area contributed by atoms with Gasteiger partial charge in [-0.15, -0.1) is 10.2 Å². The van der Waals surface area contributed by atoms with Gasteiger partial charge in [-0.2, -0.15) is 0 Å². The zero-order valence-corrected chi connectivity index (χ0v) is 16.9. The van der Waals surface area contributed by atoms with E-state index in [-0.39, 0.29) is 36.1 Å². The predicted molar refractivity (Wildman–Crippen MR) is 104 cm³/mol. The minimum Gasteiger partial charge on any atom is -0.394 e. The van der Waals surface area contributed by atoms with Crippen LogP contribution in [0.3, 0.4) is 0 Å². The monoisotopic (exact) mass is 376 g/mol. The van der Waals surface area contributed by atoms with Crippen molar-refractivity contribution < 1.29 is 14.7 Å². The van der Waals surface area contributed by atoms with E-state index in [1.165, 1.54) is 0 Å². The molecule has 0 bridgehead atoms. The van der Waals surface area contributed by atoms with Gasteiger partial charge in [-0.3, -0.25) is 9.59 Å². The summed E-state index contributed by atoms with van der Waals surface area (Å²) in [5, 5.41) is 20.4. The number of nitrogens with zero attached hydrogens (tertiary/aromatic N) is 3. The second-order valence-electron chi connectivity index (χ2n) is 8.06. The molecule has 0 radical (unpaired) electrons. The molecular formula is C20H32N4O3. The van der Waals surface area contributed by atoms with Gasteiger partial charge in [0.2, 0.25) is 0 Å². The van der Waals surface area contributed by atoms with E-state index in [9.17, 15) is 14.7 Å². The molecule has 1 aromatic heterocycles. The summed E-state index contributed by atoms with van der Waals surface area (Å²) in [5.74, 6) is -0.0738. The Kier molecular flexibility index (Phi) is 7.71. The number of piperidine rings is 1. The molecule has 1 aromatic rings. The molecule has 7 heteroatoms. The molecule has 1 aliphatic heterocycles. The standard InChI is InChI=1S/C20H32N4O3/c1-13(2)10-15-11-16(20(27)24-8-6-5-7-9-24)22-23-18(15)19(26)21-17(12-25)14(3)4/h11,13-14,17,25H,5-10,12H2,1-4H3,(H,21,26)/t17-/m1/s1. The molecule has 1 aliphatic rings. The van der Waals surface area contributed by atoms with E-state index in [0.717, 1.165) is 37.9 Å². The number of aliphatic hydroxyl groups excluding tert-OH is 1. The number of rotatable bonds is 7. The lowest BCUT2D eigenvalue weighted by atomic mass is 9.99. The molecule has 0 aromatic carbocycles. The average Bonchev–Trinajstić information content (AvgIpc) is 2.65. The van der Waals surface area contributed by atoms with Crippen LogP contribution in [0.4, 0.5) is 0 Å². The summed E-state index contributed by atoms with van der Waals surface area (Å²) in [6.07, 6.45) is 3.80. The maximum Gasteiger partial charge on any atom is 0.274 e. The summed E-state index contributed by atoms with van der Waals surface area (Å²) in [5.41, 5.74) is 1.25. The lowest BCUT2D eigenvalue weighted by molar-refractivity contribution is 0.0715. The van der Waals surface area contributed by atoms with E-state index in [0.29, 0.717) is 18.0 Å². The number of hydrogen-bond donors (Lipinski definition) is 2. The summed E-state index contributed by atoms with van der Waals surface area (Å²) < 4.78 is 0. The Hall–Kier alpha value is -2.02. The third-order valence-corrected chi connectivity index (χ3v) is 4.90. The molecule has 2 amide bonds. The second kappa shape index (κ2) is 9.78. The van der Waals surface area contributed by atoms with Gasteiger partial charge in [-0.1, -0.05) is 27.7 Å². The summed E-state index contributed by atoms with van der Waals surface area (Å²) in [4.78, 5) is 27.2. The summed E-state index contributed by atoms with van der Waals surface area (Å²) in [7, 11) is 0. The van der Waals surface area contributed by atoms with Gasteiger partial charge in [0.15, 0.2) is 11.4 Å². The van der Waals surface area contributed by atoms with Crippen molar-refractivity contribution in [2.24, 2.45) is 11.8 Å². The summed E-state index contributed by atoms with van der Waals surface area (Å²) >= 11 is 0. The van der Waals surface area contributed by atoms with Crippen molar-refractivity contribution in [3.8, 4) is 0 Å². The fraction of sp³-hybridized carbons (Fsp3) is 0.700. The first-order valence-electron chi connectivity index (χ1n) is 9.91. The zero-order valence-electron chi connectivity index (χ0n) is 16.9. The van der Waals surface area contributed by atoms with Crippen molar-refractivity contribution in [3.63, 3.8) is 0 Å². The van der Waals surface area contributed by atoms with E-state index in [2.05, 4.69) is 29.4 Å². The van der Waals surface area contributed by atoms with Crippen LogP contribution in [0.2, 0.25) is 0 Å². The van der Waals surface area contributed by atoms with Crippen LogP contribution in [0.5, 0.6) is 0 Å². The number of amides is 2. The third kappa shape index (κ3) is 5.73. The van der Waals surface area contributed by atoms with Crippen molar-refractivity contribution in [1.82, 2.24) is 20.4 Å². The van der Waals surface area contributed by atoms with Crippen LogP contribution in [0.25, 0.3) is 0 Å². The van der Waals surface area contributed by atoms with Gasteiger partial charge in [-0.25, -0.2) is 0 Å². The molecule has 2 N–H and O–H groups in total. The van der Waals surface area contributed by atoms with Gasteiger partial charge in [-0.05, 0) is 49.1 Å². The number of aromatic nitrogens is 2. The van der Waals surface area contributed by atoms with Gasteiger partial charge in [0, 0.05) is 13.1 Å². The first-order chi connectivity index (χ1) is 12.8. The minimum atomic E-state index is -0.358. The number of aliphatic hydroxyl groups is 1. The SMILES string of the molecule is CC(C)Cc1cc(C(=O)N2CCCCC2)nnc1C(=O)N[C@H](CO)C(C)C. The van der Waals surface area contributed by atoms with Crippen molar-refractivity contribution in [2.45, 2.75) is 59.4 Å². The Morgan fingerprint density at radius 3 is 2.37 bits per heavy atom. The quantitative estimate of drug-likeness (QED) is 0.759. The van der Waals surface area contributed by atoms with Crippen molar-refractivity contribution >= 4 is 11.8 Å². The zero-order chi connectivity index (χ0) is 20.0. The van der Waals surface area contributed by atoms with Gasteiger partial charge in [0.1, 0.15) is 0 Å². The van der Waals surface area contributed by atoms with Crippen LogP contribution >= 0.6 is 0 Å². The molecule has 27 heavy (non-hydrogen) atoms. The van der Waals surface area contributed by atoms with Gasteiger partial charge < -0.3 is 15.3 Å². The Morgan fingerprint density at radius 1 is 1.15 bits per heavy atom. The maximum absolute atomic E-state index is 12.7. The number of likely N-dealkylation sites (tertiary alicyclic amines) is 1. The average molecular weight is 377 g/mol. The van der Waals surface area contributed by atoms with Gasteiger partial charge >= 0.3 is 0 Å². The fourth-order valence-corrected chi connectivity index (χ4v) is 3.24. The number of nitrogens with one attached hydrogen (secondary N) is 1. The Morgan fingerprint density at radius 2 is 1.81 bits per heavy atom. The molecule has 1 fully saturated rings. The van der Waals surface area contributed by atoms with Crippen molar-refractivity contribution in [3.05, 3.63) is 23.0 Å². The van der Waals surface area contributed by atoms with Crippen LogP contribution < -0.4 is 5.32 Å². The highest BCUT2D eigenvalue weighted by Gasteiger charge is 2.24. The highest BCUT2D eigenvalue weighted by atomic mass is 16.3. The third-order valence-electron chi connectivity index (χ3n) is 4.90. The molecule has 7 nitrogen and oxygen atoms in total. The molecule has 1 atom stereocenters. The molecule has 150 valence electrons. The molecule has 0 saturated carbocycles. The first kappa shape index (κ1) is 21.3. The molecule has 2 heterocycles. The van der Waals surface area contributed by atoms with Crippen LogP contribution in [-0.4, -0.2) is 57.8 Å². The Bertz CT molecular complexity index is 655. The number of carbonyl (C=O) groups is 2. The van der Waals surface area contributed by atoms with E-state index in [1.807, 2.05) is 18.7 Å². The molecule has 1 saturated heterocycles. The second-order valence-corrected chi connectivity index (χ2v) is 8.06. The molecular weight excluding hydrogens is 344 g/mol. The van der Waals surface area contributed by atoms with Crippen molar-refractivity contribution in [2.75, 3.05) is 19.7 Å². The van der Waals surface area contributed by atoms with E-state index in [1.54, 1.807) is 6.07 Å². The Balaban J connectivity index is 2.26. The van der Waals surface area contributed by atoms with Gasteiger partial charge in [0.05, 0.1) is 12.6 Å². The Labute approximate surface area is 161 Å². The van der Waals surface area contributed by atoms with E-state index < -0.39 is 0 Å². The summed E-state index contributed by atoms with van der Waals surface area (Å²) in [6, 6.07) is 1.36. The smallest absolute Gasteiger partial charge is 0.274 e. The maximum atomic E-state index is 12.7. The minimum absolute atomic E-state index is 0.0976. The lowest BCUT2D eigenvalue weighted by Gasteiger charge is -2.26. The largest absolute Gasteiger partial charge is 0.394 e.